The van der Waals surface area contributed by atoms with Crippen LogP contribution in [0.2, 0.25) is 0 Å². The highest BCUT2D eigenvalue weighted by Gasteiger charge is 2.34. The molecule has 0 spiro atoms. The molecular weight excluding hydrogens is 243 g/mol. The van der Waals surface area contributed by atoms with Gasteiger partial charge in [0.25, 0.3) is 0 Å². The van der Waals surface area contributed by atoms with Crippen LogP contribution in [0, 0.1) is 0 Å². The molecule has 1 aromatic carbocycles. The summed E-state index contributed by atoms with van der Waals surface area (Å²) in [5.41, 5.74) is -0.338. The Balaban J connectivity index is 2.14. The van der Waals surface area contributed by atoms with Gasteiger partial charge in [-0.2, -0.15) is 13.2 Å². The van der Waals surface area contributed by atoms with Gasteiger partial charge in [0.2, 0.25) is 0 Å². The molecule has 0 aliphatic carbocycles. The van der Waals surface area contributed by atoms with E-state index in [0.29, 0.717) is 12.0 Å². The lowest BCUT2D eigenvalue weighted by molar-refractivity contribution is -0.138. The first-order valence-corrected chi connectivity index (χ1v) is 6.09. The van der Waals surface area contributed by atoms with Crippen LogP contribution >= 0.6 is 0 Å². The van der Waals surface area contributed by atoms with Gasteiger partial charge in [0.05, 0.1) is 5.56 Å². The summed E-state index contributed by atoms with van der Waals surface area (Å²) in [6.45, 7) is 0.925. The molecule has 18 heavy (non-hydrogen) atoms. The normalized spacial score (nSPS) is 20.9. The van der Waals surface area contributed by atoms with Gasteiger partial charge < -0.3 is 10.4 Å². The fraction of sp³-hybridized carbons (Fsp3) is 0.538. The van der Waals surface area contributed by atoms with Crippen molar-refractivity contribution in [2.75, 3.05) is 6.54 Å². The van der Waals surface area contributed by atoms with Crippen molar-refractivity contribution in [2.45, 2.75) is 37.9 Å². The highest BCUT2D eigenvalue weighted by molar-refractivity contribution is 5.38. The lowest BCUT2D eigenvalue weighted by atomic mass is 9.96. The third kappa shape index (κ3) is 3.16. The summed E-state index contributed by atoms with van der Waals surface area (Å²) in [7, 11) is 0. The molecule has 1 atom stereocenters. The monoisotopic (exact) mass is 259 g/mol. The number of halogens is 3. The van der Waals surface area contributed by atoms with Crippen molar-refractivity contribution in [1.29, 1.82) is 0 Å². The predicted molar refractivity (Wildman–Crippen MR) is 62.5 cm³/mol. The van der Waals surface area contributed by atoms with Gasteiger partial charge in [0.15, 0.2) is 0 Å². The summed E-state index contributed by atoms with van der Waals surface area (Å²) in [5, 5.41) is 12.5. The van der Waals surface area contributed by atoms with Crippen LogP contribution in [0.1, 0.15) is 30.4 Å². The van der Waals surface area contributed by atoms with E-state index in [1.54, 1.807) is 6.07 Å². The van der Waals surface area contributed by atoms with Crippen LogP contribution in [0.15, 0.2) is 18.2 Å². The topological polar surface area (TPSA) is 32.3 Å². The minimum Gasteiger partial charge on any atom is -0.507 e. The molecule has 5 heteroatoms. The third-order valence-electron chi connectivity index (χ3n) is 3.26. The molecule has 1 fully saturated rings. The van der Waals surface area contributed by atoms with Crippen LogP contribution in [0.3, 0.4) is 0 Å². The van der Waals surface area contributed by atoms with Gasteiger partial charge in [-0.05, 0) is 43.5 Å². The first-order chi connectivity index (χ1) is 8.47. The van der Waals surface area contributed by atoms with Crippen molar-refractivity contribution in [2.24, 2.45) is 0 Å². The van der Waals surface area contributed by atoms with E-state index in [1.165, 1.54) is 0 Å². The van der Waals surface area contributed by atoms with E-state index in [-0.39, 0.29) is 6.04 Å². The highest BCUT2D eigenvalue weighted by atomic mass is 19.4. The Morgan fingerprint density at radius 1 is 1.28 bits per heavy atom. The second kappa shape index (κ2) is 5.18. The molecule has 1 aliphatic heterocycles. The number of hydrogen-bond acceptors (Lipinski definition) is 2. The van der Waals surface area contributed by atoms with Gasteiger partial charge in [-0.1, -0.05) is 12.5 Å². The average Bonchev–Trinajstić information content (AvgIpc) is 2.31. The molecule has 2 N–H and O–H groups in total. The van der Waals surface area contributed by atoms with Gasteiger partial charge in [0.1, 0.15) is 5.75 Å². The zero-order chi connectivity index (χ0) is 13.2. The third-order valence-corrected chi connectivity index (χ3v) is 3.26. The molecule has 1 heterocycles. The van der Waals surface area contributed by atoms with E-state index in [0.717, 1.165) is 37.9 Å². The Morgan fingerprint density at radius 2 is 2.06 bits per heavy atom. The van der Waals surface area contributed by atoms with E-state index in [1.807, 2.05) is 0 Å². The van der Waals surface area contributed by atoms with Crippen molar-refractivity contribution in [3.63, 3.8) is 0 Å². The molecule has 2 rings (SSSR count). The van der Waals surface area contributed by atoms with Gasteiger partial charge in [-0.3, -0.25) is 0 Å². The average molecular weight is 259 g/mol. The number of hydrogen-bond donors (Lipinski definition) is 2. The van der Waals surface area contributed by atoms with Crippen molar-refractivity contribution >= 4 is 0 Å². The van der Waals surface area contributed by atoms with Gasteiger partial charge in [-0.15, -0.1) is 0 Å². The maximum absolute atomic E-state index is 12.6. The molecule has 2 nitrogen and oxygen atoms in total. The number of phenols is 1. The Labute approximate surface area is 104 Å². The molecule has 0 bridgehead atoms. The fourth-order valence-electron chi connectivity index (χ4n) is 2.32. The number of alkyl halides is 3. The number of phenolic OH excluding ortho intramolecular Hbond substituents is 1. The second-order valence-corrected chi connectivity index (χ2v) is 4.70. The summed E-state index contributed by atoms with van der Waals surface area (Å²) in [6, 6.07) is 3.97. The quantitative estimate of drug-likeness (QED) is 0.855. The highest BCUT2D eigenvalue weighted by Crippen LogP contribution is 2.36. The Kier molecular flexibility index (Phi) is 3.80. The largest absolute Gasteiger partial charge is 0.507 e. The van der Waals surface area contributed by atoms with Crippen molar-refractivity contribution in [3.8, 4) is 5.75 Å². The van der Waals surface area contributed by atoms with Crippen LogP contribution in [0.25, 0.3) is 0 Å². The zero-order valence-corrected chi connectivity index (χ0v) is 9.93. The molecule has 1 unspecified atom stereocenters. The van der Waals surface area contributed by atoms with E-state index < -0.39 is 17.5 Å². The van der Waals surface area contributed by atoms with Crippen LogP contribution in [-0.4, -0.2) is 17.7 Å². The Morgan fingerprint density at radius 3 is 2.67 bits per heavy atom. The molecule has 0 aromatic heterocycles. The number of nitrogens with one attached hydrogen (secondary N) is 1. The van der Waals surface area contributed by atoms with Gasteiger partial charge >= 0.3 is 6.18 Å². The summed E-state index contributed by atoms with van der Waals surface area (Å²) in [4.78, 5) is 0. The van der Waals surface area contributed by atoms with E-state index >= 15 is 0 Å². The molecule has 1 aliphatic rings. The van der Waals surface area contributed by atoms with Crippen LogP contribution < -0.4 is 5.32 Å². The lowest BCUT2D eigenvalue weighted by Gasteiger charge is -2.23. The second-order valence-electron chi connectivity index (χ2n) is 4.70. The summed E-state index contributed by atoms with van der Waals surface area (Å²) in [6.07, 6.45) is -0.701. The summed E-state index contributed by atoms with van der Waals surface area (Å²) >= 11 is 0. The van der Waals surface area contributed by atoms with E-state index in [2.05, 4.69) is 5.32 Å². The van der Waals surface area contributed by atoms with Crippen LogP contribution in [0.4, 0.5) is 13.2 Å². The number of rotatable bonds is 2. The Bertz CT molecular complexity index is 411. The van der Waals surface area contributed by atoms with Crippen molar-refractivity contribution in [1.82, 2.24) is 5.32 Å². The SMILES string of the molecule is Oc1ccc(CC2CCCCN2)cc1C(F)(F)F. The Hall–Kier alpha value is -1.23. The lowest BCUT2D eigenvalue weighted by Crippen LogP contribution is -2.35. The van der Waals surface area contributed by atoms with Crippen molar-refractivity contribution in [3.05, 3.63) is 29.3 Å². The van der Waals surface area contributed by atoms with Crippen LogP contribution in [-0.2, 0) is 12.6 Å². The van der Waals surface area contributed by atoms with Gasteiger partial charge in [-0.25, -0.2) is 0 Å². The number of piperidine rings is 1. The standard InChI is InChI=1S/C13H16F3NO/c14-13(15,16)11-8-9(4-5-12(11)18)7-10-3-1-2-6-17-10/h4-5,8,10,17-18H,1-3,6-7H2. The maximum Gasteiger partial charge on any atom is 0.419 e. The van der Waals surface area contributed by atoms with Crippen molar-refractivity contribution < 1.29 is 18.3 Å². The maximum atomic E-state index is 12.6. The molecule has 1 aromatic rings. The summed E-state index contributed by atoms with van der Waals surface area (Å²) in [5.74, 6) is -0.706. The minimum absolute atomic E-state index is 0.240. The molecular formula is C13H16F3NO. The molecule has 1 saturated heterocycles. The zero-order valence-electron chi connectivity index (χ0n) is 9.93. The predicted octanol–water partition coefficient (Wildman–Crippen LogP) is 3.10. The molecule has 100 valence electrons. The van der Waals surface area contributed by atoms with E-state index in [9.17, 15) is 18.3 Å². The molecule has 0 amide bonds. The molecule has 0 radical (unpaired) electrons. The summed E-state index contributed by atoms with van der Waals surface area (Å²) < 4.78 is 37.9. The first kappa shape index (κ1) is 13.2. The molecule has 0 saturated carbocycles. The smallest absolute Gasteiger partial charge is 0.419 e. The van der Waals surface area contributed by atoms with Gasteiger partial charge in [0, 0.05) is 6.04 Å². The first-order valence-electron chi connectivity index (χ1n) is 6.09. The van der Waals surface area contributed by atoms with Crippen LogP contribution in [0.5, 0.6) is 5.75 Å². The fourth-order valence-corrected chi connectivity index (χ4v) is 2.32. The number of aromatic hydroxyl groups is 1. The van der Waals surface area contributed by atoms with E-state index in [4.69, 9.17) is 0 Å². The minimum atomic E-state index is -4.50. The number of benzene rings is 1.